The molecule has 5 aromatic rings. The number of hydrogen-bond acceptors (Lipinski definition) is 5. The topological polar surface area (TPSA) is 92.4 Å². The SMILES string of the molecule is Cc1cccc(-c2nn3ccccc3c2-c2ccnc3cc(C(=O)NCCCO)ccc23)n1. The fourth-order valence-corrected chi connectivity index (χ4v) is 4.01. The number of benzene rings is 1. The minimum Gasteiger partial charge on any atom is -0.396 e. The molecule has 0 radical (unpaired) electrons. The van der Waals surface area contributed by atoms with Crippen LogP contribution < -0.4 is 5.32 Å². The number of aliphatic hydroxyl groups is 1. The molecule has 164 valence electrons. The van der Waals surface area contributed by atoms with Gasteiger partial charge in [-0.05, 0) is 61.4 Å². The van der Waals surface area contributed by atoms with Crippen molar-refractivity contribution < 1.29 is 9.90 Å². The van der Waals surface area contributed by atoms with E-state index >= 15 is 0 Å². The Labute approximate surface area is 190 Å². The maximum atomic E-state index is 12.5. The van der Waals surface area contributed by atoms with Crippen LogP contribution in [0, 0.1) is 6.92 Å². The highest BCUT2D eigenvalue weighted by molar-refractivity contribution is 6.05. The van der Waals surface area contributed by atoms with Gasteiger partial charge in [-0.25, -0.2) is 4.52 Å². The summed E-state index contributed by atoms with van der Waals surface area (Å²) in [7, 11) is 0. The Hall–Kier alpha value is -4.10. The molecule has 0 saturated heterocycles. The number of aryl methyl sites for hydroxylation is 1. The molecule has 4 aromatic heterocycles. The van der Waals surface area contributed by atoms with Crippen LogP contribution in [0.5, 0.6) is 0 Å². The average molecular weight is 438 g/mol. The zero-order chi connectivity index (χ0) is 22.8. The first kappa shape index (κ1) is 20.8. The molecule has 0 unspecified atom stereocenters. The van der Waals surface area contributed by atoms with Gasteiger partial charge in [0.2, 0.25) is 0 Å². The van der Waals surface area contributed by atoms with E-state index in [0.29, 0.717) is 18.5 Å². The van der Waals surface area contributed by atoms with Gasteiger partial charge in [-0.15, -0.1) is 0 Å². The molecule has 0 aliphatic carbocycles. The quantitative estimate of drug-likeness (QED) is 0.391. The van der Waals surface area contributed by atoms with Crippen molar-refractivity contribution in [1.29, 1.82) is 0 Å². The van der Waals surface area contributed by atoms with E-state index < -0.39 is 0 Å². The molecule has 4 heterocycles. The van der Waals surface area contributed by atoms with E-state index in [2.05, 4.69) is 10.3 Å². The Morgan fingerprint density at radius 3 is 2.85 bits per heavy atom. The van der Waals surface area contributed by atoms with Crippen LogP contribution in [0.25, 0.3) is 38.9 Å². The smallest absolute Gasteiger partial charge is 0.251 e. The molecule has 1 aromatic carbocycles. The van der Waals surface area contributed by atoms with E-state index in [9.17, 15) is 4.79 Å². The Balaban J connectivity index is 1.67. The van der Waals surface area contributed by atoms with Crippen molar-refractivity contribution in [2.75, 3.05) is 13.2 Å². The number of carbonyl (C=O) groups is 1. The van der Waals surface area contributed by atoms with E-state index in [1.54, 1.807) is 18.3 Å². The highest BCUT2D eigenvalue weighted by atomic mass is 16.3. The van der Waals surface area contributed by atoms with Crippen molar-refractivity contribution in [3.63, 3.8) is 0 Å². The molecule has 7 nitrogen and oxygen atoms in total. The van der Waals surface area contributed by atoms with Gasteiger partial charge in [-0.3, -0.25) is 14.8 Å². The van der Waals surface area contributed by atoms with Gasteiger partial charge in [0, 0.05) is 47.8 Å². The zero-order valence-corrected chi connectivity index (χ0v) is 18.2. The summed E-state index contributed by atoms with van der Waals surface area (Å²) >= 11 is 0. The third-order valence-electron chi connectivity index (χ3n) is 5.57. The van der Waals surface area contributed by atoms with E-state index in [1.165, 1.54) is 0 Å². The third kappa shape index (κ3) is 3.94. The van der Waals surface area contributed by atoms with Crippen molar-refractivity contribution in [2.24, 2.45) is 0 Å². The van der Waals surface area contributed by atoms with Crippen molar-refractivity contribution in [2.45, 2.75) is 13.3 Å². The van der Waals surface area contributed by atoms with E-state index in [0.717, 1.165) is 44.6 Å². The minimum atomic E-state index is -0.182. The van der Waals surface area contributed by atoms with Gasteiger partial charge >= 0.3 is 0 Å². The molecule has 33 heavy (non-hydrogen) atoms. The molecule has 0 fully saturated rings. The molecule has 0 spiro atoms. The van der Waals surface area contributed by atoms with Crippen molar-refractivity contribution in [3.8, 4) is 22.5 Å². The number of aliphatic hydroxyl groups excluding tert-OH is 1. The van der Waals surface area contributed by atoms with Gasteiger partial charge in [0.1, 0.15) is 5.69 Å². The Morgan fingerprint density at radius 1 is 1.09 bits per heavy atom. The van der Waals surface area contributed by atoms with Crippen molar-refractivity contribution in [1.82, 2.24) is 24.9 Å². The number of amides is 1. The zero-order valence-electron chi connectivity index (χ0n) is 18.2. The molecule has 1 amide bonds. The van der Waals surface area contributed by atoms with E-state index in [4.69, 9.17) is 15.2 Å². The van der Waals surface area contributed by atoms with Crippen LogP contribution in [0.4, 0.5) is 0 Å². The third-order valence-corrected chi connectivity index (χ3v) is 5.57. The number of pyridine rings is 3. The Kier molecular flexibility index (Phi) is 5.54. The van der Waals surface area contributed by atoms with Crippen molar-refractivity contribution in [3.05, 3.63) is 84.3 Å². The molecule has 0 aliphatic heterocycles. The molecule has 7 heteroatoms. The fraction of sp³-hybridized carbons (Fsp3) is 0.154. The number of nitrogens with one attached hydrogen (secondary N) is 1. The molecule has 0 bridgehead atoms. The standard InChI is InChI=1S/C26H23N5O2/c1-17-6-4-7-21(29-17)25-24(23-8-2-3-14-31(23)30-25)20-11-13-27-22-16-18(9-10-19(20)22)26(33)28-12-5-15-32/h2-4,6-11,13-14,16,32H,5,12,15H2,1H3,(H,28,33). The maximum Gasteiger partial charge on any atom is 0.251 e. The highest BCUT2D eigenvalue weighted by Crippen LogP contribution is 2.37. The first-order chi connectivity index (χ1) is 16.2. The second-order valence-electron chi connectivity index (χ2n) is 7.84. The van der Waals surface area contributed by atoms with Crippen LogP contribution in [0.3, 0.4) is 0 Å². The maximum absolute atomic E-state index is 12.5. The predicted molar refractivity (Wildman–Crippen MR) is 128 cm³/mol. The number of nitrogens with zero attached hydrogens (tertiary/aromatic N) is 4. The molecule has 0 aliphatic rings. The van der Waals surface area contributed by atoms with Gasteiger partial charge in [-0.2, -0.15) is 5.10 Å². The lowest BCUT2D eigenvalue weighted by molar-refractivity contribution is 0.0951. The lowest BCUT2D eigenvalue weighted by atomic mass is 9.97. The minimum absolute atomic E-state index is 0.0424. The van der Waals surface area contributed by atoms with Gasteiger partial charge < -0.3 is 10.4 Å². The van der Waals surface area contributed by atoms with Crippen LogP contribution in [0.15, 0.2) is 73.1 Å². The molecule has 2 N–H and O–H groups in total. The van der Waals surface area contributed by atoms with Crippen molar-refractivity contribution >= 4 is 22.3 Å². The monoisotopic (exact) mass is 437 g/mol. The van der Waals surface area contributed by atoms with Gasteiger partial charge in [0.25, 0.3) is 5.91 Å². The van der Waals surface area contributed by atoms with Crippen LogP contribution in [0.2, 0.25) is 0 Å². The summed E-state index contributed by atoms with van der Waals surface area (Å²) in [6.45, 7) is 2.44. The first-order valence-corrected chi connectivity index (χ1v) is 10.9. The Morgan fingerprint density at radius 2 is 2.00 bits per heavy atom. The largest absolute Gasteiger partial charge is 0.396 e. The second kappa shape index (κ2) is 8.80. The summed E-state index contributed by atoms with van der Waals surface area (Å²) in [6.07, 6.45) is 4.20. The number of rotatable bonds is 6. The summed E-state index contributed by atoms with van der Waals surface area (Å²) < 4.78 is 1.86. The second-order valence-corrected chi connectivity index (χ2v) is 7.84. The summed E-state index contributed by atoms with van der Waals surface area (Å²) in [5.74, 6) is -0.182. The van der Waals surface area contributed by atoms with E-state index in [1.807, 2.05) is 66.2 Å². The Bertz CT molecular complexity index is 1470. The lowest BCUT2D eigenvalue weighted by Crippen LogP contribution is -2.24. The number of hydrogen-bond donors (Lipinski definition) is 2. The van der Waals surface area contributed by atoms with Crippen LogP contribution in [0.1, 0.15) is 22.5 Å². The molecular weight excluding hydrogens is 414 g/mol. The van der Waals surface area contributed by atoms with Crippen LogP contribution in [-0.4, -0.2) is 43.7 Å². The predicted octanol–water partition coefficient (Wildman–Crippen LogP) is 4.03. The molecular formula is C26H23N5O2. The fourth-order valence-electron chi connectivity index (χ4n) is 4.01. The summed E-state index contributed by atoms with van der Waals surface area (Å²) in [5.41, 5.74) is 6.70. The summed E-state index contributed by atoms with van der Waals surface area (Å²) in [5, 5.41) is 17.5. The normalized spacial score (nSPS) is 11.2. The summed E-state index contributed by atoms with van der Waals surface area (Å²) in [6, 6.07) is 19.4. The van der Waals surface area contributed by atoms with E-state index in [-0.39, 0.29) is 12.5 Å². The number of carbonyl (C=O) groups excluding carboxylic acids is 1. The molecule has 5 rings (SSSR count). The van der Waals surface area contributed by atoms with Gasteiger partial charge in [0.05, 0.1) is 16.7 Å². The molecule has 0 saturated carbocycles. The van der Waals surface area contributed by atoms with Crippen LogP contribution in [-0.2, 0) is 0 Å². The molecule has 0 atom stereocenters. The number of fused-ring (bicyclic) bond motifs is 2. The van der Waals surface area contributed by atoms with Gasteiger partial charge in [-0.1, -0.05) is 18.2 Å². The van der Waals surface area contributed by atoms with Crippen LogP contribution >= 0.6 is 0 Å². The number of aromatic nitrogens is 4. The lowest BCUT2D eigenvalue weighted by Gasteiger charge is -2.10. The average Bonchev–Trinajstić information content (AvgIpc) is 3.23. The summed E-state index contributed by atoms with van der Waals surface area (Å²) in [4.78, 5) is 21.7. The van der Waals surface area contributed by atoms with Gasteiger partial charge in [0.15, 0.2) is 0 Å². The highest BCUT2D eigenvalue weighted by Gasteiger charge is 2.20. The first-order valence-electron chi connectivity index (χ1n) is 10.9.